The zero-order chi connectivity index (χ0) is 20.8. The Kier molecular flexibility index (Phi) is 6.60. The zero-order valence-corrected chi connectivity index (χ0v) is 17.8. The van der Waals surface area contributed by atoms with Crippen molar-refractivity contribution in [1.82, 2.24) is 20.2 Å². The first-order chi connectivity index (χ1) is 14.7. The van der Waals surface area contributed by atoms with Crippen LogP contribution in [0.15, 0.2) is 59.8 Å². The van der Waals surface area contributed by atoms with Gasteiger partial charge in [0.1, 0.15) is 6.54 Å². The smallest absolute Gasteiger partial charge is 0.234 e. The van der Waals surface area contributed by atoms with E-state index in [2.05, 4.69) is 68.2 Å². The SMILES string of the molecule is Cn1nnnc1SCC(=O)Nc1ccc(N2CC[NH+](Cc3ccccc3)CC2)cc1. The van der Waals surface area contributed by atoms with Gasteiger partial charge in [0.05, 0.1) is 31.9 Å². The van der Waals surface area contributed by atoms with Gasteiger partial charge < -0.3 is 15.1 Å². The van der Waals surface area contributed by atoms with Crippen LogP contribution >= 0.6 is 11.8 Å². The van der Waals surface area contributed by atoms with Gasteiger partial charge in [0.15, 0.2) is 0 Å². The van der Waals surface area contributed by atoms with Crippen molar-refractivity contribution in [3.05, 3.63) is 60.2 Å². The Morgan fingerprint density at radius 2 is 1.83 bits per heavy atom. The summed E-state index contributed by atoms with van der Waals surface area (Å²) in [6.45, 7) is 5.41. The van der Waals surface area contributed by atoms with Crippen LogP contribution in [0.1, 0.15) is 5.56 Å². The molecular formula is C21H26N7OS+. The van der Waals surface area contributed by atoms with Crippen molar-refractivity contribution in [2.75, 3.05) is 42.1 Å². The number of anilines is 2. The minimum absolute atomic E-state index is 0.0751. The van der Waals surface area contributed by atoms with Gasteiger partial charge in [-0.2, -0.15) is 0 Å². The molecule has 2 N–H and O–H groups in total. The molecule has 2 aromatic carbocycles. The normalized spacial score (nSPS) is 14.6. The summed E-state index contributed by atoms with van der Waals surface area (Å²) in [7, 11) is 1.75. The highest BCUT2D eigenvalue weighted by atomic mass is 32.2. The fourth-order valence-corrected chi connectivity index (χ4v) is 4.22. The maximum absolute atomic E-state index is 12.2. The Morgan fingerprint density at radius 1 is 1.10 bits per heavy atom. The number of carbonyl (C=O) groups excluding carboxylic acids is 1. The van der Waals surface area contributed by atoms with Crippen molar-refractivity contribution < 1.29 is 9.69 Å². The maximum Gasteiger partial charge on any atom is 0.234 e. The van der Waals surface area contributed by atoms with Gasteiger partial charge in [0, 0.05) is 24.0 Å². The molecule has 1 aliphatic heterocycles. The Balaban J connectivity index is 1.23. The van der Waals surface area contributed by atoms with Gasteiger partial charge in [0.25, 0.3) is 0 Å². The minimum Gasteiger partial charge on any atom is -0.360 e. The van der Waals surface area contributed by atoms with Crippen LogP contribution in [0, 0.1) is 0 Å². The predicted octanol–water partition coefficient (Wildman–Crippen LogP) is 0.846. The quantitative estimate of drug-likeness (QED) is 0.548. The highest BCUT2D eigenvalue weighted by molar-refractivity contribution is 7.99. The van der Waals surface area contributed by atoms with Crippen LogP contribution in [0.5, 0.6) is 0 Å². The molecule has 9 heteroatoms. The summed E-state index contributed by atoms with van der Waals surface area (Å²) in [4.78, 5) is 16.2. The van der Waals surface area contributed by atoms with Gasteiger partial charge in [-0.25, -0.2) is 4.68 Å². The molecule has 0 unspecified atom stereocenters. The molecule has 0 atom stereocenters. The molecular weight excluding hydrogens is 398 g/mol. The number of nitrogens with zero attached hydrogens (tertiary/aromatic N) is 5. The monoisotopic (exact) mass is 424 g/mol. The number of quaternary nitrogens is 1. The first-order valence-electron chi connectivity index (χ1n) is 10.0. The lowest BCUT2D eigenvalue weighted by Crippen LogP contribution is -3.13. The van der Waals surface area contributed by atoms with Crippen LogP contribution in [0.2, 0.25) is 0 Å². The fraction of sp³-hybridized carbons (Fsp3) is 0.333. The molecule has 4 rings (SSSR count). The molecule has 1 aromatic heterocycles. The van der Waals surface area contributed by atoms with Crippen LogP contribution in [0.4, 0.5) is 11.4 Å². The van der Waals surface area contributed by atoms with Gasteiger partial charge in [-0.05, 0) is 34.7 Å². The van der Waals surface area contributed by atoms with Crippen molar-refractivity contribution in [3.8, 4) is 0 Å². The number of tetrazole rings is 1. The lowest BCUT2D eigenvalue weighted by molar-refractivity contribution is -0.914. The van der Waals surface area contributed by atoms with Gasteiger partial charge in [0.2, 0.25) is 11.1 Å². The van der Waals surface area contributed by atoms with E-state index in [0.717, 1.165) is 38.4 Å². The van der Waals surface area contributed by atoms with Crippen molar-refractivity contribution in [3.63, 3.8) is 0 Å². The fourth-order valence-electron chi connectivity index (χ4n) is 3.57. The summed E-state index contributed by atoms with van der Waals surface area (Å²) >= 11 is 1.31. The minimum atomic E-state index is -0.0751. The molecule has 156 valence electrons. The molecule has 0 bridgehead atoms. The summed E-state index contributed by atoms with van der Waals surface area (Å²) in [5, 5.41) is 14.7. The second-order valence-electron chi connectivity index (χ2n) is 7.37. The van der Waals surface area contributed by atoms with Crippen molar-refractivity contribution >= 4 is 29.0 Å². The number of aromatic nitrogens is 4. The average molecular weight is 425 g/mol. The molecule has 1 aliphatic rings. The number of rotatable bonds is 7. The lowest BCUT2D eigenvalue weighted by Gasteiger charge is -2.33. The van der Waals surface area contributed by atoms with E-state index in [1.807, 2.05) is 12.1 Å². The van der Waals surface area contributed by atoms with Gasteiger partial charge in [-0.15, -0.1) is 5.10 Å². The number of piperazine rings is 1. The topological polar surface area (TPSA) is 80.4 Å². The zero-order valence-electron chi connectivity index (χ0n) is 17.0. The molecule has 0 aliphatic carbocycles. The Labute approximate surface area is 180 Å². The largest absolute Gasteiger partial charge is 0.360 e. The molecule has 0 saturated carbocycles. The molecule has 0 radical (unpaired) electrons. The third-order valence-electron chi connectivity index (χ3n) is 5.20. The van der Waals surface area contributed by atoms with Gasteiger partial charge >= 0.3 is 0 Å². The molecule has 8 nitrogen and oxygen atoms in total. The summed E-state index contributed by atoms with van der Waals surface area (Å²) in [5.41, 5.74) is 3.40. The van der Waals surface area contributed by atoms with Crippen LogP contribution in [0.3, 0.4) is 0 Å². The van der Waals surface area contributed by atoms with Crippen LogP contribution in [-0.4, -0.2) is 58.0 Å². The summed E-state index contributed by atoms with van der Waals surface area (Å²) in [5.74, 6) is 0.191. The second kappa shape index (κ2) is 9.73. The van der Waals surface area contributed by atoms with E-state index in [1.165, 1.54) is 23.0 Å². The Bertz CT molecular complexity index is 953. The molecule has 30 heavy (non-hydrogen) atoms. The molecule has 3 aromatic rings. The van der Waals surface area contributed by atoms with E-state index >= 15 is 0 Å². The molecule has 0 spiro atoms. The van der Waals surface area contributed by atoms with Crippen molar-refractivity contribution in [1.29, 1.82) is 0 Å². The first-order valence-corrected chi connectivity index (χ1v) is 11.0. The number of carbonyl (C=O) groups is 1. The standard InChI is InChI=1S/C21H25N7OS/c1-26-21(23-24-25-26)30-16-20(29)22-18-7-9-19(10-8-18)28-13-11-27(12-14-28)15-17-5-3-2-4-6-17/h2-10H,11-16H2,1H3,(H,22,29)/p+1. The maximum atomic E-state index is 12.2. The Hall–Kier alpha value is -2.91. The lowest BCUT2D eigenvalue weighted by atomic mass is 10.2. The average Bonchev–Trinajstić information content (AvgIpc) is 3.19. The van der Waals surface area contributed by atoms with Crippen molar-refractivity contribution in [2.24, 2.45) is 7.05 Å². The number of hydrogen-bond acceptors (Lipinski definition) is 6. The van der Waals surface area contributed by atoms with E-state index in [4.69, 9.17) is 0 Å². The number of amides is 1. The third-order valence-corrected chi connectivity index (χ3v) is 6.21. The number of benzene rings is 2. The van der Waals surface area contributed by atoms with E-state index in [1.54, 1.807) is 16.6 Å². The predicted molar refractivity (Wildman–Crippen MR) is 118 cm³/mol. The van der Waals surface area contributed by atoms with Crippen LogP contribution in [0.25, 0.3) is 0 Å². The first kappa shape index (κ1) is 20.4. The number of aryl methyl sites for hydroxylation is 1. The Morgan fingerprint density at radius 3 is 2.50 bits per heavy atom. The van der Waals surface area contributed by atoms with E-state index < -0.39 is 0 Å². The molecule has 1 amide bonds. The van der Waals surface area contributed by atoms with Gasteiger partial charge in [-0.3, -0.25) is 4.79 Å². The highest BCUT2D eigenvalue weighted by Gasteiger charge is 2.20. The molecule has 2 heterocycles. The second-order valence-corrected chi connectivity index (χ2v) is 8.31. The number of thioether (sulfide) groups is 1. The van der Waals surface area contributed by atoms with Crippen molar-refractivity contribution in [2.45, 2.75) is 11.7 Å². The van der Waals surface area contributed by atoms with Gasteiger partial charge in [-0.1, -0.05) is 42.1 Å². The molecule has 1 fully saturated rings. The van der Waals surface area contributed by atoms with Crippen LogP contribution < -0.4 is 15.1 Å². The third kappa shape index (κ3) is 5.37. The molecule has 1 saturated heterocycles. The highest BCUT2D eigenvalue weighted by Crippen LogP contribution is 2.19. The van der Waals surface area contributed by atoms with E-state index in [9.17, 15) is 4.79 Å². The summed E-state index contributed by atoms with van der Waals surface area (Å²) in [6.07, 6.45) is 0. The van der Waals surface area contributed by atoms with Crippen LogP contribution in [-0.2, 0) is 18.4 Å². The number of nitrogens with one attached hydrogen (secondary N) is 2. The summed E-state index contributed by atoms with van der Waals surface area (Å²) < 4.78 is 1.55. The van der Waals surface area contributed by atoms with E-state index in [0.29, 0.717) is 5.16 Å². The summed E-state index contributed by atoms with van der Waals surface area (Å²) in [6, 6.07) is 18.8. The number of hydrogen-bond donors (Lipinski definition) is 2. The van der Waals surface area contributed by atoms with E-state index in [-0.39, 0.29) is 11.7 Å².